The molecule has 1 aromatic carbocycles. The predicted octanol–water partition coefficient (Wildman–Crippen LogP) is 1.24. The molecule has 1 atom stereocenters. The molecule has 5 nitrogen and oxygen atoms in total. The summed E-state index contributed by atoms with van der Waals surface area (Å²) >= 11 is 0. The number of likely N-dealkylation sites (N-methyl/N-ethyl adjacent to an activating group) is 1. The molecule has 0 spiro atoms. The van der Waals surface area contributed by atoms with Crippen molar-refractivity contribution >= 4 is 11.9 Å². The smallest absolute Gasteiger partial charge is 0.304 e. The van der Waals surface area contributed by atoms with E-state index in [0.29, 0.717) is 13.1 Å². The van der Waals surface area contributed by atoms with E-state index >= 15 is 0 Å². The van der Waals surface area contributed by atoms with Crippen LogP contribution in [0.1, 0.15) is 18.9 Å². The van der Waals surface area contributed by atoms with Gasteiger partial charge in [-0.1, -0.05) is 12.1 Å². The summed E-state index contributed by atoms with van der Waals surface area (Å²) in [6.07, 6.45) is -0.00786. The maximum atomic E-state index is 12.7. The number of nitrogens with one attached hydrogen (secondary N) is 1. The van der Waals surface area contributed by atoms with Crippen molar-refractivity contribution in [2.45, 2.75) is 25.9 Å². The van der Waals surface area contributed by atoms with Gasteiger partial charge in [0.25, 0.3) is 0 Å². The van der Waals surface area contributed by atoms with Gasteiger partial charge in [-0.3, -0.25) is 14.5 Å². The van der Waals surface area contributed by atoms with Crippen molar-refractivity contribution in [1.82, 2.24) is 10.2 Å². The molecule has 0 aliphatic heterocycles. The Morgan fingerprint density at radius 3 is 2.50 bits per heavy atom. The third kappa shape index (κ3) is 5.36. The van der Waals surface area contributed by atoms with Gasteiger partial charge in [0.2, 0.25) is 5.91 Å². The summed E-state index contributed by atoms with van der Waals surface area (Å²) < 4.78 is 12.7. The Balaban J connectivity index is 2.41. The van der Waals surface area contributed by atoms with Crippen molar-refractivity contribution < 1.29 is 19.1 Å². The summed E-state index contributed by atoms with van der Waals surface area (Å²) in [4.78, 5) is 24.0. The lowest BCUT2D eigenvalue weighted by Gasteiger charge is -2.23. The molecule has 1 unspecified atom stereocenters. The van der Waals surface area contributed by atoms with Crippen LogP contribution in [0.25, 0.3) is 0 Å². The van der Waals surface area contributed by atoms with Crippen molar-refractivity contribution in [1.29, 1.82) is 0 Å². The number of carbonyl (C=O) groups excluding carboxylic acids is 1. The largest absolute Gasteiger partial charge is 0.481 e. The number of nitrogens with zero attached hydrogens (tertiary/aromatic N) is 1. The fourth-order valence-corrected chi connectivity index (χ4v) is 1.60. The molecule has 1 aromatic rings. The van der Waals surface area contributed by atoms with Gasteiger partial charge in [0.05, 0.1) is 12.5 Å². The predicted molar refractivity (Wildman–Crippen MR) is 72.6 cm³/mol. The van der Waals surface area contributed by atoms with Gasteiger partial charge in [0.15, 0.2) is 0 Å². The van der Waals surface area contributed by atoms with Crippen LogP contribution in [0.2, 0.25) is 0 Å². The molecule has 0 aromatic heterocycles. The lowest BCUT2D eigenvalue weighted by molar-refractivity contribution is -0.138. The minimum absolute atomic E-state index is 0.00786. The molecule has 0 bridgehead atoms. The number of aliphatic carboxylic acids is 1. The molecule has 2 N–H and O–H groups in total. The Hall–Kier alpha value is -1.95. The first-order chi connectivity index (χ1) is 9.40. The highest BCUT2D eigenvalue weighted by atomic mass is 19.1. The highest BCUT2D eigenvalue weighted by Gasteiger charge is 2.18. The van der Waals surface area contributed by atoms with Gasteiger partial charge in [0, 0.05) is 13.1 Å². The van der Waals surface area contributed by atoms with Crippen LogP contribution in [-0.4, -0.2) is 41.5 Å². The minimum Gasteiger partial charge on any atom is -0.481 e. The average Bonchev–Trinajstić information content (AvgIpc) is 2.42. The highest BCUT2D eigenvalue weighted by molar-refractivity contribution is 5.81. The second kappa shape index (κ2) is 7.59. The van der Waals surface area contributed by atoms with Crippen molar-refractivity contribution in [2.75, 3.05) is 13.6 Å². The summed E-state index contributed by atoms with van der Waals surface area (Å²) in [5, 5.41) is 11.3. The molecular weight excluding hydrogens is 263 g/mol. The van der Waals surface area contributed by atoms with E-state index in [2.05, 4.69) is 5.32 Å². The Bertz CT molecular complexity index is 462. The van der Waals surface area contributed by atoms with Gasteiger partial charge in [-0.2, -0.15) is 0 Å². The van der Waals surface area contributed by atoms with Crippen LogP contribution in [0.4, 0.5) is 4.39 Å². The summed E-state index contributed by atoms with van der Waals surface area (Å²) in [5.41, 5.74) is 0.806. The highest BCUT2D eigenvalue weighted by Crippen LogP contribution is 2.03. The van der Waals surface area contributed by atoms with E-state index in [0.717, 1.165) is 5.56 Å². The zero-order valence-electron chi connectivity index (χ0n) is 11.6. The molecule has 0 saturated heterocycles. The Morgan fingerprint density at radius 1 is 1.35 bits per heavy atom. The number of halogens is 1. The quantitative estimate of drug-likeness (QED) is 0.789. The van der Waals surface area contributed by atoms with Crippen molar-refractivity contribution in [3.63, 3.8) is 0 Å². The zero-order chi connectivity index (χ0) is 15.1. The van der Waals surface area contributed by atoms with Crippen LogP contribution >= 0.6 is 0 Å². The molecule has 20 heavy (non-hydrogen) atoms. The molecule has 1 rings (SSSR count). The van der Waals surface area contributed by atoms with Crippen molar-refractivity contribution in [2.24, 2.45) is 0 Å². The van der Waals surface area contributed by atoms with Crippen LogP contribution in [-0.2, 0) is 16.1 Å². The normalized spacial score (nSPS) is 12.2. The summed E-state index contributed by atoms with van der Waals surface area (Å²) in [6.45, 7) is 2.33. The number of benzene rings is 1. The van der Waals surface area contributed by atoms with Gasteiger partial charge >= 0.3 is 5.97 Å². The van der Waals surface area contributed by atoms with Gasteiger partial charge in [-0.25, -0.2) is 4.39 Å². The first-order valence-corrected chi connectivity index (χ1v) is 6.34. The SMILES string of the molecule is CC(C(=O)NCc1ccc(F)cc1)N(C)CCC(=O)O. The molecule has 0 fully saturated rings. The first-order valence-electron chi connectivity index (χ1n) is 6.34. The monoisotopic (exact) mass is 282 g/mol. The molecule has 0 radical (unpaired) electrons. The lowest BCUT2D eigenvalue weighted by atomic mass is 10.2. The third-order valence-electron chi connectivity index (χ3n) is 3.10. The second-order valence-electron chi connectivity index (χ2n) is 4.64. The Labute approximate surface area is 117 Å². The van der Waals surface area contributed by atoms with E-state index in [4.69, 9.17) is 5.11 Å². The molecule has 0 aliphatic carbocycles. The molecule has 110 valence electrons. The van der Waals surface area contributed by atoms with E-state index in [1.165, 1.54) is 12.1 Å². The van der Waals surface area contributed by atoms with Gasteiger partial charge in [-0.15, -0.1) is 0 Å². The van der Waals surface area contributed by atoms with Crippen molar-refractivity contribution in [3.8, 4) is 0 Å². The zero-order valence-corrected chi connectivity index (χ0v) is 11.6. The average molecular weight is 282 g/mol. The van der Waals surface area contributed by atoms with Crippen LogP contribution in [0.3, 0.4) is 0 Å². The number of hydrogen-bond acceptors (Lipinski definition) is 3. The van der Waals surface area contributed by atoms with E-state index in [1.54, 1.807) is 31.0 Å². The third-order valence-corrected chi connectivity index (χ3v) is 3.10. The van der Waals surface area contributed by atoms with E-state index in [9.17, 15) is 14.0 Å². The Morgan fingerprint density at radius 2 is 1.95 bits per heavy atom. The number of carboxylic acids is 1. The van der Waals surface area contributed by atoms with Crippen LogP contribution < -0.4 is 5.32 Å². The fourth-order valence-electron chi connectivity index (χ4n) is 1.60. The Kier molecular flexibility index (Phi) is 6.11. The van der Waals surface area contributed by atoms with E-state index < -0.39 is 12.0 Å². The molecular formula is C14H19FN2O3. The number of rotatable bonds is 7. The molecule has 6 heteroatoms. The summed E-state index contributed by atoms with van der Waals surface area (Å²) in [6, 6.07) is 5.46. The first kappa shape index (κ1) is 16.1. The molecule has 1 amide bonds. The molecule has 0 saturated carbocycles. The van der Waals surface area contributed by atoms with Crippen LogP contribution in [0.15, 0.2) is 24.3 Å². The van der Waals surface area contributed by atoms with Gasteiger partial charge < -0.3 is 10.4 Å². The van der Waals surface area contributed by atoms with Crippen LogP contribution in [0, 0.1) is 5.82 Å². The minimum atomic E-state index is -0.893. The lowest BCUT2D eigenvalue weighted by Crippen LogP contribution is -2.43. The van der Waals surface area contributed by atoms with Crippen LogP contribution in [0.5, 0.6) is 0 Å². The van der Waals surface area contributed by atoms with Gasteiger partial charge in [0.1, 0.15) is 5.82 Å². The fraction of sp³-hybridized carbons (Fsp3) is 0.429. The van der Waals surface area contributed by atoms with E-state index in [-0.39, 0.29) is 18.1 Å². The number of carboxylic acid groups (broad SMARTS) is 1. The molecule has 0 aliphatic rings. The summed E-state index contributed by atoms with van der Waals surface area (Å²) in [7, 11) is 1.70. The van der Waals surface area contributed by atoms with E-state index in [1.807, 2.05) is 0 Å². The topological polar surface area (TPSA) is 69.6 Å². The second-order valence-corrected chi connectivity index (χ2v) is 4.64. The number of carbonyl (C=O) groups is 2. The maximum absolute atomic E-state index is 12.7. The number of hydrogen-bond donors (Lipinski definition) is 2. The summed E-state index contributed by atoms with van der Waals surface area (Å²) in [5.74, 6) is -1.40. The number of amides is 1. The van der Waals surface area contributed by atoms with Crippen molar-refractivity contribution in [3.05, 3.63) is 35.6 Å². The maximum Gasteiger partial charge on any atom is 0.304 e. The van der Waals surface area contributed by atoms with Gasteiger partial charge in [-0.05, 0) is 31.7 Å². The standard InChI is InChI=1S/C14H19FN2O3/c1-10(17(2)8-7-13(18)19)14(20)16-9-11-3-5-12(15)6-4-11/h3-6,10H,7-9H2,1-2H3,(H,16,20)(H,18,19). The molecule has 0 heterocycles.